The standard InChI is InChI=1S/C27H27N3O3/c1-3-17-28-27(32)25-18(2)23-21(15-10-16-22(23)33-25)29-30-26(31)24(19-11-6-4-7-12-19)20-13-8-5-9-14-20/h3-9,11-14,24H,1,10,15-17H2,2H3,(H,28,32)(H,30,31)/b29-21+. The van der Waals surface area contributed by atoms with E-state index < -0.39 is 5.92 Å². The van der Waals surface area contributed by atoms with Crippen molar-refractivity contribution < 1.29 is 14.0 Å². The second-order valence-electron chi connectivity index (χ2n) is 8.00. The van der Waals surface area contributed by atoms with Gasteiger partial charge in [0, 0.05) is 24.1 Å². The molecule has 0 saturated carbocycles. The third-order valence-corrected chi connectivity index (χ3v) is 5.77. The van der Waals surface area contributed by atoms with Crippen molar-refractivity contribution in [2.24, 2.45) is 5.10 Å². The van der Waals surface area contributed by atoms with Crippen molar-refractivity contribution in [3.8, 4) is 0 Å². The predicted octanol–water partition coefficient (Wildman–Crippen LogP) is 4.49. The summed E-state index contributed by atoms with van der Waals surface area (Å²) in [6.07, 6.45) is 3.88. The molecule has 0 atom stereocenters. The van der Waals surface area contributed by atoms with E-state index in [0.29, 0.717) is 13.0 Å². The molecule has 3 aromatic rings. The first-order chi connectivity index (χ1) is 16.1. The molecule has 0 aliphatic heterocycles. The number of benzene rings is 2. The number of amides is 2. The van der Waals surface area contributed by atoms with Crippen LogP contribution in [0.15, 0.2) is 82.8 Å². The van der Waals surface area contributed by atoms with Crippen LogP contribution in [0.1, 0.15) is 57.3 Å². The number of hydrogen-bond acceptors (Lipinski definition) is 4. The van der Waals surface area contributed by atoms with Gasteiger partial charge in [0.05, 0.1) is 11.6 Å². The number of carbonyl (C=O) groups is 2. The molecule has 0 unspecified atom stereocenters. The molecule has 2 N–H and O–H groups in total. The maximum Gasteiger partial charge on any atom is 0.287 e. The quantitative estimate of drug-likeness (QED) is 0.418. The summed E-state index contributed by atoms with van der Waals surface area (Å²) in [5, 5.41) is 7.26. The summed E-state index contributed by atoms with van der Waals surface area (Å²) in [6.45, 7) is 5.83. The molecule has 0 bridgehead atoms. The zero-order valence-corrected chi connectivity index (χ0v) is 18.6. The van der Waals surface area contributed by atoms with Gasteiger partial charge < -0.3 is 9.73 Å². The number of furan rings is 1. The van der Waals surface area contributed by atoms with Gasteiger partial charge in [0.15, 0.2) is 5.76 Å². The molecule has 0 radical (unpaired) electrons. The van der Waals surface area contributed by atoms with Crippen molar-refractivity contribution in [1.29, 1.82) is 0 Å². The van der Waals surface area contributed by atoms with Crippen molar-refractivity contribution in [2.45, 2.75) is 32.1 Å². The zero-order valence-electron chi connectivity index (χ0n) is 18.6. The summed E-state index contributed by atoms with van der Waals surface area (Å²) < 4.78 is 5.88. The number of fused-ring (bicyclic) bond motifs is 1. The molecule has 1 aliphatic rings. The maximum absolute atomic E-state index is 13.3. The van der Waals surface area contributed by atoms with E-state index in [1.165, 1.54) is 0 Å². The first kappa shape index (κ1) is 22.3. The molecule has 2 amide bonds. The Kier molecular flexibility index (Phi) is 6.83. The lowest BCUT2D eigenvalue weighted by molar-refractivity contribution is -0.121. The van der Waals surface area contributed by atoms with Crippen LogP contribution in [0.5, 0.6) is 0 Å². The van der Waals surface area contributed by atoms with Crippen LogP contribution in [0, 0.1) is 6.92 Å². The third-order valence-electron chi connectivity index (χ3n) is 5.77. The minimum Gasteiger partial charge on any atom is -0.455 e. The summed E-state index contributed by atoms with van der Waals surface area (Å²) in [5.41, 5.74) is 6.86. The smallest absolute Gasteiger partial charge is 0.287 e. The largest absolute Gasteiger partial charge is 0.455 e. The van der Waals surface area contributed by atoms with Crippen molar-refractivity contribution in [1.82, 2.24) is 10.7 Å². The minimum absolute atomic E-state index is 0.211. The first-order valence-corrected chi connectivity index (χ1v) is 11.1. The SMILES string of the molecule is C=CCNC(=O)c1oc2c(c1C)/C(=N/NC(=O)C(c1ccccc1)c1ccccc1)CCC2. The van der Waals surface area contributed by atoms with Gasteiger partial charge in [-0.05, 0) is 30.9 Å². The molecule has 1 heterocycles. The number of carbonyl (C=O) groups excluding carboxylic acids is 2. The van der Waals surface area contributed by atoms with Crippen LogP contribution in [-0.2, 0) is 11.2 Å². The molecule has 0 spiro atoms. The lowest BCUT2D eigenvalue weighted by Crippen LogP contribution is -2.28. The van der Waals surface area contributed by atoms with E-state index >= 15 is 0 Å². The number of nitrogens with one attached hydrogen (secondary N) is 2. The van der Waals surface area contributed by atoms with Gasteiger partial charge >= 0.3 is 0 Å². The molecule has 0 fully saturated rings. The molecule has 6 heteroatoms. The highest BCUT2D eigenvalue weighted by atomic mass is 16.4. The normalized spacial score (nSPS) is 14.1. The molecule has 2 aromatic carbocycles. The Morgan fingerprint density at radius 1 is 1.06 bits per heavy atom. The third kappa shape index (κ3) is 4.80. The Morgan fingerprint density at radius 2 is 1.70 bits per heavy atom. The van der Waals surface area contributed by atoms with Crippen molar-refractivity contribution in [3.05, 3.63) is 107 Å². The van der Waals surface area contributed by atoms with Gasteiger partial charge in [0.2, 0.25) is 0 Å². The number of nitrogens with zero attached hydrogens (tertiary/aromatic N) is 1. The molecular formula is C27H27N3O3. The van der Waals surface area contributed by atoms with E-state index in [-0.39, 0.29) is 17.6 Å². The fourth-order valence-electron chi connectivity index (χ4n) is 4.22. The highest BCUT2D eigenvalue weighted by molar-refractivity contribution is 6.06. The number of aryl methyl sites for hydroxylation is 1. The fraction of sp³-hybridized carbons (Fsp3) is 0.222. The topological polar surface area (TPSA) is 83.7 Å². The lowest BCUT2D eigenvalue weighted by atomic mass is 9.90. The van der Waals surface area contributed by atoms with Gasteiger partial charge in [0.25, 0.3) is 11.8 Å². The van der Waals surface area contributed by atoms with Gasteiger partial charge in [-0.15, -0.1) is 6.58 Å². The molecular weight excluding hydrogens is 414 g/mol. The van der Waals surface area contributed by atoms with Gasteiger partial charge in [-0.1, -0.05) is 66.7 Å². The molecule has 6 nitrogen and oxygen atoms in total. The van der Waals surface area contributed by atoms with E-state index in [9.17, 15) is 9.59 Å². The Bertz CT molecular complexity index is 1140. The van der Waals surface area contributed by atoms with E-state index in [4.69, 9.17) is 4.42 Å². The highest BCUT2D eigenvalue weighted by Crippen LogP contribution is 2.30. The predicted molar refractivity (Wildman–Crippen MR) is 128 cm³/mol. The summed E-state index contributed by atoms with van der Waals surface area (Å²) >= 11 is 0. The average Bonchev–Trinajstić information content (AvgIpc) is 3.20. The van der Waals surface area contributed by atoms with E-state index in [1.54, 1.807) is 6.08 Å². The van der Waals surface area contributed by atoms with Gasteiger partial charge in [-0.25, -0.2) is 5.43 Å². The second kappa shape index (κ2) is 10.1. The fourth-order valence-corrected chi connectivity index (χ4v) is 4.22. The van der Waals surface area contributed by atoms with E-state index in [1.807, 2.05) is 67.6 Å². The monoisotopic (exact) mass is 441 g/mol. The van der Waals surface area contributed by atoms with Crippen LogP contribution in [0.25, 0.3) is 0 Å². The zero-order chi connectivity index (χ0) is 23.2. The van der Waals surface area contributed by atoms with Crippen LogP contribution in [0.4, 0.5) is 0 Å². The van der Waals surface area contributed by atoms with Crippen LogP contribution in [0.2, 0.25) is 0 Å². The number of rotatable bonds is 7. The van der Waals surface area contributed by atoms with Crippen LogP contribution in [0.3, 0.4) is 0 Å². The molecule has 4 rings (SSSR count). The average molecular weight is 442 g/mol. The summed E-state index contributed by atoms with van der Waals surface area (Å²) in [6, 6.07) is 19.3. The number of hydrazone groups is 1. The van der Waals surface area contributed by atoms with E-state index in [2.05, 4.69) is 22.4 Å². The summed E-state index contributed by atoms with van der Waals surface area (Å²) in [4.78, 5) is 25.8. The number of hydrogen-bond donors (Lipinski definition) is 2. The second-order valence-corrected chi connectivity index (χ2v) is 8.00. The van der Waals surface area contributed by atoms with Crippen LogP contribution in [-0.4, -0.2) is 24.1 Å². The minimum atomic E-state index is -0.481. The molecule has 168 valence electrons. The molecule has 1 aliphatic carbocycles. The lowest BCUT2D eigenvalue weighted by Gasteiger charge is -2.18. The molecule has 33 heavy (non-hydrogen) atoms. The van der Waals surface area contributed by atoms with Crippen LogP contribution < -0.4 is 10.7 Å². The van der Waals surface area contributed by atoms with E-state index in [0.717, 1.165) is 46.6 Å². The van der Waals surface area contributed by atoms with Crippen molar-refractivity contribution >= 4 is 17.5 Å². The van der Waals surface area contributed by atoms with Crippen molar-refractivity contribution in [2.75, 3.05) is 6.54 Å². The van der Waals surface area contributed by atoms with Crippen molar-refractivity contribution in [3.63, 3.8) is 0 Å². The summed E-state index contributed by atoms with van der Waals surface area (Å²) in [7, 11) is 0. The molecule has 1 aromatic heterocycles. The summed E-state index contributed by atoms with van der Waals surface area (Å²) in [5.74, 6) is 0.0495. The van der Waals surface area contributed by atoms with Crippen LogP contribution >= 0.6 is 0 Å². The Balaban J connectivity index is 1.61. The first-order valence-electron chi connectivity index (χ1n) is 11.1. The van der Waals surface area contributed by atoms with Gasteiger partial charge in [0.1, 0.15) is 5.76 Å². The molecule has 0 saturated heterocycles. The Hall–Kier alpha value is -3.93. The highest BCUT2D eigenvalue weighted by Gasteiger charge is 2.28. The van der Waals surface area contributed by atoms with Gasteiger partial charge in [-0.3, -0.25) is 9.59 Å². The Morgan fingerprint density at radius 3 is 2.30 bits per heavy atom. The maximum atomic E-state index is 13.3. The van der Waals surface area contributed by atoms with Gasteiger partial charge in [-0.2, -0.15) is 5.10 Å². The Labute approximate surface area is 193 Å².